The molecule has 2 aromatic rings. The average molecular weight is 474 g/mol. The molecule has 0 unspecified atom stereocenters. The highest BCUT2D eigenvalue weighted by atomic mass is 32.2. The Labute approximate surface area is 180 Å². The molecule has 1 fully saturated rings. The van der Waals surface area contributed by atoms with Gasteiger partial charge in [0, 0.05) is 11.8 Å². The Bertz CT molecular complexity index is 1150. The predicted octanol–water partition coefficient (Wildman–Crippen LogP) is 1.21. The molecule has 162 valence electrons. The number of thiol groups is 1. The van der Waals surface area contributed by atoms with E-state index >= 15 is 0 Å². The lowest BCUT2D eigenvalue weighted by Crippen LogP contribution is -2.51. The molecule has 2 aromatic carbocycles. The van der Waals surface area contributed by atoms with Gasteiger partial charge in [0.2, 0.25) is 10.0 Å². The smallest absolute Gasteiger partial charge is 0.257 e. The summed E-state index contributed by atoms with van der Waals surface area (Å²) in [5.74, 6) is -1.83. The topological polar surface area (TPSA) is 113 Å². The summed E-state index contributed by atoms with van der Waals surface area (Å²) in [5.41, 5.74) is 2.92. The van der Waals surface area contributed by atoms with Gasteiger partial charge in [-0.05, 0) is 37.6 Å². The number of hydrogen-bond donors (Lipinski definition) is 3. The third kappa shape index (κ3) is 4.67. The van der Waals surface area contributed by atoms with Crippen LogP contribution in [0.1, 0.15) is 12.0 Å². The third-order valence-electron chi connectivity index (χ3n) is 4.60. The first-order chi connectivity index (χ1) is 14.0. The van der Waals surface area contributed by atoms with Crippen molar-refractivity contribution in [3.8, 4) is 0 Å². The number of nitrogens with one attached hydrogen (secondary N) is 2. The number of aryl methyl sites for hydroxylation is 1. The summed E-state index contributed by atoms with van der Waals surface area (Å²) in [6, 6.07) is 9.52. The van der Waals surface area contributed by atoms with E-state index in [1.807, 2.05) is 4.83 Å². The van der Waals surface area contributed by atoms with Crippen molar-refractivity contribution in [3.63, 3.8) is 0 Å². The van der Waals surface area contributed by atoms with Gasteiger partial charge < -0.3 is 0 Å². The SMILES string of the molecule is Cc1ccc(S(=O)(=O)NNC(=O)[C@@H]2C[C@@H](S)CN2S(=O)(=O)c2ccccc2F)cc1. The minimum absolute atomic E-state index is 0.0366. The molecule has 0 aliphatic carbocycles. The molecule has 0 radical (unpaired) electrons. The lowest BCUT2D eigenvalue weighted by Gasteiger charge is -2.23. The normalized spacial score (nSPS) is 20.2. The molecular formula is C18H20FN3O5S3. The molecule has 2 N–H and O–H groups in total. The van der Waals surface area contributed by atoms with Crippen LogP contribution in [0.3, 0.4) is 0 Å². The van der Waals surface area contributed by atoms with Gasteiger partial charge in [0.25, 0.3) is 15.9 Å². The number of sulfonamides is 2. The fraction of sp³-hybridized carbons (Fsp3) is 0.278. The van der Waals surface area contributed by atoms with E-state index in [0.29, 0.717) is 0 Å². The Morgan fingerprint density at radius 3 is 2.37 bits per heavy atom. The van der Waals surface area contributed by atoms with Crippen LogP contribution >= 0.6 is 12.6 Å². The third-order valence-corrected chi connectivity index (χ3v) is 8.15. The molecule has 0 saturated carbocycles. The average Bonchev–Trinajstić information content (AvgIpc) is 3.09. The highest BCUT2D eigenvalue weighted by Crippen LogP contribution is 2.29. The highest BCUT2D eigenvalue weighted by molar-refractivity contribution is 7.89. The van der Waals surface area contributed by atoms with Crippen molar-refractivity contribution < 1.29 is 26.0 Å². The van der Waals surface area contributed by atoms with E-state index in [0.717, 1.165) is 22.0 Å². The molecule has 30 heavy (non-hydrogen) atoms. The van der Waals surface area contributed by atoms with Crippen molar-refractivity contribution >= 4 is 38.6 Å². The zero-order valence-electron chi connectivity index (χ0n) is 15.8. The Kier molecular flexibility index (Phi) is 6.53. The van der Waals surface area contributed by atoms with Gasteiger partial charge in [-0.1, -0.05) is 29.8 Å². The van der Waals surface area contributed by atoms with E-state index in [9.17, 15) is 26.0 Å². The minimum Gasteiger partial charge on any atom is -0.276 e. The second kappa shape index (κ2) is 8.63. The molecule has 0 aromatic heterocycles. The maximum absolute atomic E-state index is 14.1. The summed E-state index contributed by atoms with van der Waals surface area (Å²) in [6.45, 7) is 1.67. The van der Waals surface area contributed by atoms with E-state index in [2.05, 4.69) is 18.1 Å². The number of hydrogen-bond acceptors (Lipinski definition) is 6. The van der Waals surface area contributed by atoms with Gasteiger partial charge in [-0.2, -0.15) is 16.9 Å². The van der Waals surface area contributed by atoms with Crippen LogP contribution in [0.4, 0.5) is 4.39 Å². The molecule has 1 heterocycles. The van der Waals surface area contributed by atoms with Gasteiger partial charge in [0.15, 0.2) is 0 Å². The summed E-state index contributed by atoms with van der Waals surface area (Å²) in [6.07, 6.45) is 0.0366. The van der Waals surface area contributed by atoms with Crippen LogP contribution in [0.15, 0.2) is 58.3 Å². The Morgan fingerprint density at radius 1 is 1.10 bits per heavy atom. The first kappa shape index (κ1) is 22.7. The quantitative estimate of drug-likeness (QED) is 0.431. The molecule has 0 bridgehead atoms. The summed E-state index contributed by atoms with van der Waals surface area (Å²) in [5, 5.41) is -0.476. The van der Waals surface area contributed by atoms with Crippen molar-refractivity contribution in [2.24, 2.45) is 0 Å². The summed E-state index contributed by atoms with van der Waals surface area (Å²) < 4.78 is 65.4. The molecule has 8 nitrogen and oxygen atoms in total. The monoisotopic (exact) mass is 473 g/mol. The van der Waals surface area contributed by atoms with Crippen LogP contribution in [0.2, 0.25) is 0 Å². The zero-order valence-corrected chi connectivity index (χ0v) is 18.3. The van der Waals surface area contributed by atoms with E-state index in [1.54, 1.807) is 19.1 Å². The Morgan fingerprint density at radius 2 is 1.73 bits per heavy atom. The van der Waals surface area contributed by atoms with Crippen LogP contribution in [-0.4, -0.2) is 44.9 Å². The zero-order chi connectivity index (χ0) is 22.1. The molecule has 2 atom stereocenters. The number of hydrazine groups is 1. The number of carbonyl (C=O) groups excluding carboxylic acids is 1. The standard InChI is InChI=1S/C18H20FN3O5S3/c1-12-6-8-14(9-7-12)29(24,25)21-20-18(23)16-10-13(28)11-22(16)30(26,27)17-5-3-2-4-15(17)19/h2-9,13,16,21,28H,10-11H2,1H3,(H,20,23)/t13-,16+/m1/s1. The van der Waals surface area contributed by atoms with Gasteiger partial charge >= 0.3 is 0 Å². The van der Waals surface area contributed by atoms with E-state index in [4.69, 9.17) is 0 Å². The van der Waals surface area contributed by atoms with Crippen molar-refractivity contribution in [2.75, 3.05) is 6.54 Å². The number of nitrogens with zero attached hydrogens (tertiary/aromatic N) is 1. The van der Waals surface area contributed by atoms with E-state index in [1.165, 1.54) is 24.3 Å². The fourth-order valence-electron chi connectivity index (χ4n) is 3.05. The van der Waals surface area contributed by atoms with Gasteiger partial charge in [-0.25, -0.2) is 21.2 Å². The Balaban J connectivity index is 1.79. The largest absolute Gasteiger partial charge is 0.276 e. The predicted molar refractivity (Wildman–Crippen MR) is 111 cm³/mol. The van der Waals surface area contributed by atoms with Gasteiger partial charge in [-0.15, -0.1) is 4.83 Å². The van der Waals surface area contributed by atoms with Crippen LogP contribution in [0.5, 0.6) is 0 Å². The van der Waals surface area contributed by atoms with Crippen LogP contribution in [0.25, 0.3) is 0 Å². The van der Waals surface area contributed by atoms with Crippen molar-refractivity contribution in [2.45, 2.75) is 34.4 Å². The van der Waals surface area contributed by atoms with Crippen molar-refractivity contribution in [3.05, 3.63) is 59.9 Å². The molecule has 12 heteroatoms. The lowest BCUT2D eigenvalue weighted by atomic mass is 10.2. The van der Waals surface area contributed by atoms with Gasteiger partial charge in [0.05, 0.1) is 4.90 Å². The molecule has 1 aliphatic heterocycles. The van der Waals surface area contributed by atoms with Crippen LogP contribution in [0, 0.1) is 12.7 Å². The first-order valence-corrected chi connectivity index (χ1v) is 12.3. The molecular weight excluding hydrogens is 453 g/mol. The molecule has 0 spiro atoms. The molecule has 1 saturated heterocycles. The van der Waals surface area contributed by atoms with Gasteiger partial charge in [0.1, 0.15) is 16.8 Å². The van der Waals surface area contributed by atoms with E-state index < -0.39 is 48.0 Å². The minimum atomic E-state index is -4.34. The summed E-state index contributed by atoms with van der Waals surface area (Å²) in [7, 11) is -8.39. The Hall–Kier alpha value is -1.99. The van der Waals surface area contributed by atoms with E-state index in [-0.39, 0.29) is 17.9 Å². The summed E-state index contributed by atoms with van der Waals surface area (Å²) >= 11 is 4.25. The maximum Gasteiger partial charge on any atom is 0.257 e. The number of rotatable bonds is 6. The second-order valence-electron chi connectivity index (χ2n) is 6.82. The van der Waals surface area contributed by atoms with Crippen LogP contribution < -0.4 is 10.3 Å². The first-order valence-electron chi connectivity index (χ1n) is 8.85. The molecule has 1 amide bonds. The molecule has 3 rings (SSSR count). The molecule has 1 aliphatic rings. The van der Waals surface area contributed by atoms with Gasteiger partial charge in [-0.3, -0.25) is 10.2 Å². The fourth-order valence-corrected chi connectivity index (χ4v) is 6.09. The number of halogens is 1. The van der Waals surface area contributed by atoms with Crippen molar-refractivity contribution in [1.29, 1.82) is 0 Å². The number of benzene rings is 2. The summed E-state index contributed by atoms with van der Waals surface area (Å²) in [4.78, 5) is 14.0. The number of amides is 1. The second-order valence-corrected chi connectivity index (χ2v) is 11.1. The number of carbonyl (C=O) groups is 1. The van der Waals surface area contributed by atoms with Crippen LogP contribution in [-0.2, 0) is 24.8 Å². The lowest BCUT2D eigenvalue weighted by molar-refractivity contribution is -0.124. The maximum atomic E-state index is 14.1. The highest BCUT2D eigenvalue weighted by Gasteiger charge is 2.44. The van der Waals surface area contributed by atoms with Crippen molar-refractivity contribution in [1.82, 2.24) is 14.6 Å².